The average molecular weight is 535 g/mol. The second kappa shape index (κ2) is 9.31. The molecule has 0 fully saturated rings. The van der Waals surface area contributed by atoms with Crippen LogP contribution in [0.15, 0.2) is 78.0 Å². The molecule has 7 nitrogen and oxygen atoms in total. The molecule has 2 heterocycles. The highest BCUT2D eigenvalue weighted by molar-refractivity contribution is 8.01. The summed E-state index contributed by atoms with van der Waals surface area (Å²) in [5, 5.41) is 0.552. The zero-order valence-corrected chi connectivity index (χ0v) is 22.9. The van der Waals surface area contributed by atoms with Crippen LogP contribution in [-0.2, 0) is 26.1 Å². The van der Waals surface area contributed by atoms with E-state index in [1.54, 1.807) is 25.7 Å². The minimum Gasteiger partial charge on any atom is -0.333 e. The Morgan fingerprint density at radius 2 is 1.68 bits per heavy atom. The molecule has 1 aromatic heterocycles. The predicted molar refractivity (Wildman–Crippen MR) is 149 cm³/mol. The summed E-state index contributed by atoms with van der Waals surface area (Å²) >= 11 is 1.26. The van der Waals surface area contributed by atoms with Gasteiger partial charge in [-0.3, -0.25) is 4.79 Å². The number of thioether (sulfide) groups is 1. The molecule has 0 saturated heterocycles. The van der Waals surface area contributed by atoms with Crippen molar-refractivity contribution in [1.29, 1.82) is 0 Å². The number of rotatable bonds is 7. The number of anilines is 1. The van der Waals surface area contributed by atoms with E-state index in [9.17, 15) is 13.2 Å². The number of fused-ring (bicyclic) bond motifs is 2. The normalized spacial score (nSPS) is 17.9. The molecular formula is C28H30N4O3S2. The molecule has 1 unspecified atom stereocenters. The summed E-state index contributed by atoms with van der Waals surface area (Å²) in [6, 6.07) is 23.3. The third kappa shape index (κ3) is 4.67. The number of hydrogen-bond donors (Lipinski definition) is 2. The van der Waals surface area contributed by atoms with Crippen LogP contribution in [0.5, 0.6) is 0 Å². The largest absolute Gasteiger partial charge is 0.333 e. The molecule has 4 aromatic rings. The zero-order chi connectivity index (χ0) is 26.4. The number of amides is 1. The Kier molecular flexibility index (Phi) is 6.42. The summed E-state index contributed by atoms with van der Waals surface area (Å²) in [4.78, 5) is 24.1. The molecule has 37 heavy (non-hydrogen) atoms. The number of aromatic nitrogens is 2. The van der Waals surface area contributed by atoms with Gasteiger partial charge in [0.15, 0.2) is 5.16 Å². The van der Waals surface area contributed by atoms with Crippen molar-refractivity contribution in [2.45, 2.75) is 48.9 Å². The van der Waals surface area contributed by atoms with Crippen LogP contribution >= 0.6 is 11.8 Å². The van der Waals surface area contributed by atoms with Gasteiger partial charge < -0.3 is 9.88 Å². The van der Waals surface area contributed by atoms with Gasteiger partial charge in [0, 0.05) is 17.8 Å². The summed E-state index contributed by atoms with van der Waals surface area (Å²) in [7, 11) is -3.71. The van der Waals surface area contributed by atoms with Gasteiger partial charge in [0.2, 0.25) is 15.9 Å². The van der Waals surface area contributed by atoms with Gasteiger partial charge in [-0.2, -0.15) is 0 Å². The van der Waals surface area contributed by atoms with Crippen LogP contribution in [0.3, 0.4) is 0 Å². The van der Waals surface area contributed by atoms with Crippen LogP contribution in [0.4, 0.5) is 5.69 Å². The number of benzene rings is 3. The van der Waals surface area contributed by atoms with Crippen molar-refractivity contribution < 1.29 is 13.2 Å². The molecule has 1 aliphatic heterocycles. The molecule has 1 amide bonds. The molecular weight excluding hydrogens is 504 g/mol. The second-order valence-corrected chi connectivity index (χ2v) is 14.1. The first-order valence-corrected chi connectivity index (χ1v) is 14.4. The first-order chi connectivity index (χ1) is 17.5. The molecule has 0 radical (unpaired) electrons. The highest BCUT2D eigenvalue weighted by Gasteiger charge is 2.53. The van der Waals surface area contributed by atoms with E-state index in [0.29, 0.717) is 11.7 Å². The number of para-hydroxylation sites is 3. The van der Waals surface area contributed by atoms with Crippen LogP contribution in [0.2, 0.25) is 0 Å². The van der Waals surface area contributed by atoms with E-state index in [1.165, 1.54) is 11.8 Å². The van der Waals surface area contributed by atoms with E-state index in [0.717, 1.165) is 33.4 Å². The van der Waals surface area contributed by atoms with E-state index >= 15 is 0 Å². The minimum atomic E-state index is -3.71. The molecule has 9 heteroatoms. The summed E-state index contributed by atoms with van der Waals surface area (Å²) in [6.07, 6.45) is 0. The molecule has 5 rings (SSSR count). The molecule has 0 saturated carbocycles. The SMILES string of the molecule is Cc1ccc(CN2C(=O)C(CNS(=O)(=O)C(C)(C)C)(Sc3nc4ccccc4[nH]3)c3ccccc32)cc1. The molecule has 1 atom stereocenters. The van der Waals surface area contributed by atoms with Crippen LogP contribution in [0, 0.1) is 6.92 Å². The quantitative estimate of drug-likeness (QED) is 0.343. The Hall–Kier alpha value is -3.14. The number of carbonyl (C=O) groups excluding carboxylic acids is 1. The van der Waals surface area contributed by atoms with Gasteiger partial charge in [0.05, 0.1) is 22.3 Å². The summed E-state index contributed by atoms with van der Waals surface area (Å²) in [5.41, 5.74) is 5.30. The number of carbonyl (C=O) groups is 1. The smallest absolute Gasteiger partial charge is 0.249 e. The van der Waals surface area contributed by atoms with Crippen molar-refractivity contribution >= 4 is 44.4 Å². The number of hydrogen-bond acceptors (Lipinski definition) is 5. The summed E-state index contributed by atoms with van der Waals surface area (Å²) in [5.74, 6) is -0.184. The van der Waals surface area contributed by atoms with E-state index in [4.69, 9.17) is 4.98 Å². The predicted octanol–water partition coefficient (Wildman–Crippen LogP) is 5.12. The Labute approximate surface area is 221 Å². The minimum absolute atomic E-state index is 0.103. The van der Waals surface area contributed by atoms with Gasteiger partial charge in [0.1, 0.15) is 4.75 Å². The highest BCUT2D eigenvalue weighted by Crippen LogP contribution is 2.51. The molecule has 192 valence electrons. The fourth-order valence-electron chi connectivity index (χ4n) is 4.39. The zero-order valence-electron chi connectivity index (χ0n) is 21.3. The van der Waals surface area contributed by atoms with Crippen molar-refractivity contribution in [2.24, 2.45) is 0 Å². The lowest BCUT2D eigenvalue weighted by molar-refractivity contribution is -0.120. The van der Waals surface area contributed by atoms with Crippen molar-refractivity contribution in [2.75, 3.05) is 11.4 Å². The van der Waals surface area contributed by atoms with Crippen LogP contribution in [-0.4, -0.2) is 35.6 Å². The van der Waals surface area contributed by atoms with Crippen molar-refractivity contribution in [1.82, 2.24) is 14.7 Å². The number of aromatic amines is 1. The molecule has 0 bridgehead atoms. The van der Waals surface area contributed by atoms with Gasteiger partial charge in [-0.15, -0.1) is 0 Å². The lowest BCUT2D eigenvalue weighted by Gasteiger charge is -2.29. The van der Waals surface area contributed by atoms with Gasteiger partial charge in [-0.25, -0.2) is 18.1 Å². The number of nitrogens with one attached hydrogen (secondary N) is 2. The summed E-state index contributed by atoms with van der Waals surface area (Å²) < 4.78 is 26.7. The number of aryl methyl sites for hydroxylation is 1. The Balaban J connectivity index is 1.60. The van der Waals surface area contributed by atoms with E-state index in [2.05, 4.69) is 9.71 Å². The molecule has 1 aliphatic rings. The van der Waals surface area contributed by atoms with E-state index in [-0.39, 0.29) is 12.5 Å². The maximum absolute atomic E-state index is 14.4. The maximum atomic E-state index is 14.4. The monoisotopic (exact) mass is 534 g/mol. The van der Waals surface area contributed by atoms with E-state index < -0.39 is 19.5 Å². The van der Waals surface area contributed by atoms with E-state index in [1.807, 2.05) is 79.7 Å². The van der Waals surface area contributed by atoms with Gasteiger partial charge in [0.25, 0.3) is 0 Å². The Morgan fingerprint density at radius 3 is 2.38 bits per heavy atom. The van der Waals surface area contributed by atoms with Crippen LogP contribution < -0.4 is 9.62 Å². The molecule has 0 spiro atoms. The standard InChI is InChI=1S/C28H30N4O3S2/c1-19-13-15-20(16-14-19)17-32-24-12-8-5-9-21(24)28(25(32)33,18-29-37(34,35)27(2,3)4)36-26-30-22-10-6-7-11-23(22)31-26/h5-16,29H,17-18H2,1-4H3,(H,30,31). The van der Waals surface area contributed by atoms with Crippen LogP contribution in [0.1, 0.15) is 37.5 Å². The molecule has 0 aliphatic carbocycles. The van der Waals surface area contributed by atoms with Crippen molar-refractivity contribution in [3.8, 4) is 0 Å². The van der Waals surface area contributed by atoms with Gasteiger partial charge in [-0.05, 0) is 51.5 Å². The highest BCUT2D eigenvalue weighted by atomic mass is 32.2. The maximum Gasteiger partial charge on any atom is 0.249 e. The van der Waals surface area contributed by atoms with Gasteiger partial charge in [-0.1, -0.05) is 71.9 Å². The third-order valence-corrected chi connectivity index (χ3v) is 10.0. The number of imidazole rings is 1. The Bertz CT molecular complexity index is 1540. The number of H-pyrrole nitrogens is 1. The number of nitrogens with zero attached hydrogens (tertiary/aromatic N) is 2. The summed E-state index contributed by atoms with van der Waals surface area (Å²) in [6.45, 7) is 7.23. The molecule has 2 N–H and O–H groups in total. The number of sulfonamides is 1. The second-order valence-electron chi connectivity index (χ2n) is 10.3. The third-order valence-electron chi connectivity index (χ3n) is 6.64. The average Bonchev–Trinajstić information content (AvgIpc) is 3.36. The Morgan fingerprint density at radius 1 is 1.00 bits per heavy atom. The lowest BCUT2D eigenvalue weighted by atomic mass is 10.00. The van der Waals surface area contributed by atoms with Crippen molar-refractivity contribution in [3.63, 3.8) is 0 Å². The fraction of sp³-hybridized carbons (Fsp3) is 0.286. The topological polar surface area (TPSA) is 95.2 Å². The van der Waals surface area contributed by atoms with Crippen molar-refractivity contribution in [3.05, 3.63) is 89.5 Å². The first kappa shape index (κ1) is 25.5. The first-order valence-electron chi connectivity index (χ1n) is 12.1. The van der Waals surface area contributed by atoms with Crippen LogP contribution in [0.25, 0.3) is 11.0 Å². The molecule has 3 aromatic carbocycles. The van der Waals surface area contributed by atoms with Gasteiger partial charge >= 0.3 is 0 Å². The fourth-order valence-corrected chi connectivity index (χ4v) is 6.58. The lowest BCUT2D eigenvalue weighted by Crippen LogP contribution is -2.49.